The molecule has 0 atom stereocenters. The van der Waals surface area contributed by atoms with E-state index in [2.05, 4.69) is 6.58 Å². The van der Waals surface area contributed by atoms with Crippen molar-refractivity contribution in [1.82, 2.24) is 0 Å². The monoisotopic (exact) mass is 205 g/mol. The molecule has 3 heteroatoms. The first-order chi connectivity index (χ1) is 7.11. The molecule has 0 aliphatic carbocycles. The average Bonchev–Trinajstić information content (AvgIpc) is 2.21. The fourth-order valence-corrected chi connectivity index (χ4v) is 1.11. The smallest absolute Gasteiger partial charge is 0.331 e. The predicted octanol–water partition coefficient (Wildman–Crippen LogP) is 1.83. The van der Waals surface area contributed by atoms with Crippen LogP contribution < -0.4 is 5.73 Å². The molecule has 0 saturated carbocycles. The lowest BCUT2D eigenvalue weighted by molar-refractivity contribution is -0.137. The van der Waals surface area contributed by atoms with Crippen molar-refractivity contribution in [3.05, 3.63) is 47.7 Å². The highest BCUT2D eigenvalue weighted by Crippen LogP contribution is 2.09. The maximum absolute atomic E-state index is 10.7. The molecular weight excluding hydrogens is 190 g/mol. The Morgan fingerprint density at radius 2 is 2.40 bits per heavy atom. The number of hydrogen-bond donors (Lipinski definition) is 1. The molecule has 1 aliphatic rings. The van der Waals surface area contributed by atoms with E-state index in [1.165, 1.54) is 6.08 Å². The van der Waals surface area contributed by atoms with Crippen LogP contribution in [0.2, 0.25) is 0 Å². The predicted molar refractivity (Wildman–Crippen MR) is 59.9 cm³/mol. The zero-order chi connectivity index (χ0) is 11.3. The molecule has 1 heterocycles. The summed E-state index contributed by atoms with van der Waals surface area (Å²) in [6, 6.07) is 0. The Morgan fingerprint density at radius 1 is 1.67 bits per heavy atom. The summed E-state index contributed by atoms with van der Waals surface area (Å²) in [6.07, 6.45) is 7.56. The number of carbonyl (C=O) groups excluding carboxylic acids is 1. The van der Waals surface area contributed by atoms with Crippen LogP contribution in [0.25, 0.3) is 0 Å². The van der Waals surface area contributed by atoms with Crippen LogP contribution in [-0.4, -0.2) is 12.6 Å². The number of rotatable bonds is 3. The zero-order valence-corrected chi connectivity index (χ0v) is 8.82. The lowest BCUT2D eigenvalue weighted by atomic mass is 10.1. The van der Waals surface area contributed by atoms with Crippen LogP contribution in [0.1, 0.15) is 13.3 Å². The van der Waals surface area contributed by atoms with Gasteiger partial charge in [0.15, 0.2) is 0 Å². The summed E-state index contributed by atoms with van der Waals surface area (Å²) in [5.74, 6) is -0.312. The van der Waals surface area contributed by atoms with E-state index in [1.54, 1.807) is 12.2 Å². The van der Waals surface area contributed by atoms with Crippen LogP contribution >= 0.6 is 0 Å². The summed E-state index contributed by atoms with van der Waals surface area (Å²) >= 11 is 0. The molecule has 3 nitrogen and oxygen atoms in total. The topological polar surface area (TPSA) is 52.3 Å². The largest absolute Gasteiger partial charge is 0.458 e. The molecular formula is C12H15NO2. The quantitative estimate of drug-likeness (QED) is 0.565. The van der Waals surface area contributed by atoms with Crippen LogP contribution in [0.3, 0.4) is 0 Å². The Kier molecular flexibility index (Phi) is 3.92. The first-order valence-electron chi connectivity index (χ1n) is 4.82. The summed E-state index contributed by atoms with van der Waals surface area (Å²) < 4.78 is 4.82. The third kappa shape index (κ3) is 3.85. The lowest BCUT2D eigenvalue weighted by Gasteiger charge is -2.08. The number of cyclic esters (lactones) is 1. The number of hydrogen-bond acceptors (Lipinski definition) is 3. The summed E-state index contributed by atoms with van der Waals surface area (Å²) in [5, 5.41) is 0. The summed E-state index contributed by atoms with van der Waals surface area (Å²) in [5.41, 5.74) is 8.24. The maximum Gasteiger partial charge on any atom is 0.331 e. The fraction of sp³-hybridized carbons (Fsp3) is 0.250. The molecule has 0 radical (unpaired) electrons. The van der Waals surface area contributed by atoms with Gasteiger partial charge in [0.2, 0.25) is 0 Å². The maximum atomic E-state index is 10.7. The van der Waals surface area contributed by atoms with Gasteiger partial charge in [-0.1, -0.05) is 19.1 Å². The third-order valence-corrected chi connectivity index (χ3v) is 1.99. The van der Waals surface area contributed by atoms with Gasteiger partial charge in [0.1, 0.15) is 6.61 Å². The normalized spacial score (nSPS) is 19.1. The third-order valence-electron chi connectivity index (χ3n) is 1.99. The van der Waals surface area contributed by atoms with Crippen LogP contribution in [0.15, 0.2) is 47.7 Å². The second kappa shape index (κ2) is 5.20. The van der Waals surface area contributed by atoms with Crippen molar-refractivity contribution in [2.75, 3.05) is 6.61 Å². The van der Waals surface area contributed by atoms with Crippen LogP contribution in [-0.2, 0) is 9.53 Å². The van der Waals surface area contributed by atoms with E-state index in [4.69, 9.17) is 10.5 Å². The highest BCUT2D eigenvalue weighted by Gasteiger charge is 2.05. The van der Waals surface area contributed by atoms with E-state index >= 15 is 0 Å². The summed E-state index contributed by atoms with van der Waals surface area (Å²) in [6.45, 7) is 6.12. The lowest BCUT2D eigenvalue weighted by Crippen LogP contribution is -2.09. The second-order valence-corrected chi connectivity index (χ2v) is 3.32. The van der Waals surface area contributed by atoms with E-state index in [0.717, 1.165) is 17.6 Å². The van der Waals surface area contributed by atoms with Gasteiger partial charge in [0.05, 0.1) is 0 Å². The second-order valence-electron chi connectivity index (χ2n) is 3.32. The van der Waals surface area contributed by atoms with Gasteiger partial charge in [-0.05, 0) is 30.2 Å². The van der Waals surface area contributed by atoms with E-state index in [-0.39, 0.29) is 12.6 Å². The Bertz CT molecular complexity index is 362. The van der Waals surface area contributed by atoms with Crippen molar-refractivity contribution in [3.63, 3.8) is 0 Å². The van der Waals surface area contributed by atoms with Gasteiger partial charge >= 0.3 is 5.97 Å². The van der Waals surface area contributed by atoms with Crippen molar-refractivity contribution in [3.8, 4) is 0 Å². The summed E-state index contributed by atoms with van der Waals surface area (Å²) in [4.78, 5) is 10.7. The van der Waals surface area contributed by atoms with Gasteiger partial charge < -0.3 is 10.5 Å². The molecule has 0 saturated heterocycles. The molecule has 0 aromatic rings. The van der Waals surface area contributed by atoms with E-state index in [9.17, 15) is 4.79 Å². The number of carbonyl (C=O) groups is 1. The Balaban J connectivity index is 2.71. The van der Waals surface area contributed by atoms with Crippen molar-refractivity contribution in [1.29, 1.82) is 0 Å². The van der Waals surface area contributed by atoms with Crippen LogP contribution in [0, 0.1) is 0 Å². The number of nitrogens with two attached hydrogens (primary N) is 1. The number of esters is 1. The molecule has 0 spiro atoms. The molecule has 2 N–H and O–H groups in total. The van der Waals surface area contributed by atoms with Crippen LogP contribution in [0.4, 0.5) is 0 Å². The molecule has 80 valence electrons. The van der Waals surface area contributed by atoms with E-state index in [1.807, 2.05) is 13.0 Å². The van der Waals surface area contributed by atoms with Crippen molar-refractivity contribution in [2.24, 2.45) is 5.73 Å². The SMILES string of the molecule is C=C(/C=C(N)\C=C1\C=CC(=O)OC1)CC. The molecule has 0 fully saturated rings. The molecule has 0 unspecified atom stereocenters. The molecule has 1 aliphatic heterocycles. The minimum atomic E-state index is -0.312. The number of allylic oxidation sites excluding steroid dienone is 3. The van der Waals surface area contributed by atoms with Crippen molar-refractivity contribution in [2.45, 2.75) is 13.3 Å². The standard InChI is InChI=1S/C12H15NO2/c1-3-9(2)6-11(13)7-10-4-5-12(14)15-8-10/h4-7H,2-3,8,13H2,1H3/b10-7-,11-6+. The zero-order valence-electron chi connectivity index (χ0n) is 8.82. The molecule has 0 aromatic carbocycles. The highest BCUT2D eigenvalue weighted by molar-refractivity contribution is 5.84. The van der Waals surface area contributed by atoms with Gasteiger partial charge in [-0.2, -0.15) is 0 Å². The Labute approximate surface area is 89.6 Å². The molecule has 0 amide bonds. The summed E-state index contributed by atoms with van der Waals surface area (Å²) in [7, 11) is 0. The Morgan fingerprint density at radius 3 is 2.93 bits per heavy atom. The first kappa shape index (κ1) is 11.3. The van der Waals surface area contributed by atoms with E-state index in [0.29, 0.717) is 5.70 Å². The molecule has 1 rings (SSSR count). The molecule has 0 bridgehead atoms. The fourth-order valence-electron chi connectivity index (χ4n) is 1.11. The van der Waals surface area contributed by atoms with Gasteiger partial charge in [-0.15, -0.1) is 0 Å². The highest BCUT2D eigenvalue weighted by atomic mass is 16.5. The van der Waals surface area contributed by atoms with Gasteiger partial charge in [0, 0.05) is 11.8 Å². The van der Waals surface area contributed by atoms with Crippen LogP contribution in [0.5, 0.6) is 0 Å². The minimum absolute atomic E-state index is 0.280. The molecule has 0 aromatic heterocycles. The van der Waals surface area contributed by atoms with Gasteiger partial charge in [-0.25, -0.2) is 4.79 Å². The number of ether oxygens (including phenoxy) is 1. The Hall–Kier alpha value is -1.77. The minimum Gasteiger partial charge on any atom is -0.458 e. The molecule has 15 heavy (non-hydrogen) atoms. The van der Waals surface area contributed by atoms with Gasteiger partial charge in [-0.3, -0.25) is 0 Å². The van der Waals surface area contributed by atoms with E-state index < -0.39 is 0 Å². The van der Waals surface area contributed by atoms with Crippen molar-refractivity contribution < 1.29 is 9.53 Å². The van der Waals surface area contributed by atoms with Crippen molar-refractivity contribution >= 4 is 5.97 Å². The van der Waals surface area contributed by atoms with Gasteiger partial charge in [0.25, 0.3) is 0 Å². The average molecular weight is 205 g/mol. The first-order valence-corrected chi connectivity index (χ1v) is 4.82.